The van der Waals surface area contributed by atoms with Crippen molar-refractivity contribution in [2.24, 2.45) is 0 Å². The predicted molar refractivity (Wildman–Crippen MR) is 90.5 cm³/mol. The highest BCUT2D eigenvalue weighted by Gasteiger charge is 2.33. The number of hydrogen-bond acceptors (Lipinski definition) is 1. The second kappa shape index (κ2) is 5.94. The second-order valence-electron chi connectivity index (χ2n) is 6.07. The number of benzene rings is 2. The maximum absolute atomic E-state index is 11.1. The van der Waals surface area contributed by atoms with E-state index in [1.165, 1.54) is 16.7 Å². The van der Waals surface area contributed by atoms with Gasteiger partial charge in [0, 0.05) is 10.9 Å². The van der Waals surface area contributed by atoms with Crippen LogP contribution in [0.1, 0.15) is 42.0 Å². The molecule has 1 atom stereocenters. The normalized spacial score (nSPS) is 21.1. The summed E-state index contributed by atoms with van der Waals surface area (Å²) < 4.78 is 1.12. The quantitative estimate of drug-likeness (QED) is 0.849. The molecule has 0 aromatic heterocycles. The minimum atomic E-state index is -0.718. The van der Waals surface area contributed by atoms with Gasteiger partial charge in [0.25, 0.3) is 0 Å². The molecule has 2 aromatic carbocycles. The standard InChI is InChI=1S/C19H21BrO/c1-2-4-14-5-3-6-17(11-14)19(21)10-9-15-12-18(20)8-7-16(15)13-19/h3,5-8,11-12,21H,2,4,9-10,13H2,1H3. The Morgan fingerprint density at radius 2 is 2.00 bits per heavy atom. The molecule has 1 nitrogen and oxygen atoms in total. The largest absolute Gasteiger partial charge is 0.385 e. The van der Waals surface area contributed by atoms with Gasteiger partial charge in [-0.05, 0) is 53.6 Å². The highest BCUT2D eigenvalue weighted by molar-refractivity contribution is 9.10. The highest BCUT2D eigenvalue weighted by atomic mass is 79.9. The molecule has 2 heteroatoms. The van der Waals surface area contributed by atoms with Crippen LogP contribution in [-0.4, -0.2) is 5.11 Å². The summed E-state index contributed by atoms with van der Waals surface area (Å²) in [4.78, 5) is 0. The summed E-state index contributed by atoms with van der Waals surface area (Å²) in [6.07, 6.45) is 4.66. The fourth-order valence-corrected chi connectivity index (χ4v) is 3.70. The number of aliphatic hydroxyl groups is 1. The van der Waals surface area contributed by atoms with Crippen LogP contribution in [-0.2, 0) is 24.9 Å². The Kier molecular flexibility index (Phi) is 4.19. The molecule has 0 spiro atoms. The van der Waals surface area contributed by atoms with Gasteiger partial charge in [-0.2, -0.15) is 0 Å². The summed E-state index contributed by atoms with van der Waals surface area (Å²) in [5, 5.41) is 11.1. The van der Waals surface area contributed by atoms with Crippen LogP contribution in [0.4, 0.5) is 0 Å². The molecule has 0 amide bonds. The number of aryl methyl sites for hydroxylation is 2. The summed E-state index contributed by atoms with van der Waals surface area (Å²) in [5.41, 5.74) is 4.31. The van der Waals surface area contributed by atoms with Crippen molar-refractivity contribution >= 4 is 15.9 Å². The third-order valence-electron chi connectivity index (χ3n) is 4.46. The van der Waals surface area contributed by atoms with Crippen molar-refractivity contribution in [3.63, 3.8) is 0 Å². The fourth-order valence-electron chi connectivity index (χ4n) is 3.30. The van der Waals surface area contributed by atoms with Crippen molar-refractivity contribution in [3.8, 4) is 0 Å². The van der Waals surface area contributed by atoms with Gasteiger partial charge in [0.2, 0.25) is 0 Å². The fraction of sp³-hybridized carbons (Fsp3) is 0.368. The molecule has 1 aliphatic rings. The Balaban J connectivity index is 1.92. The number of halogens is 1. The average molecular weight is 345 g/mol. The van der Waals surface area contributed by atoms with E-state index in [-0.39, 0.29) is 0 Å². The zero-order valence-electron chi connectivity index (χ0n) is 12.4. The minimum absolute atomic E-state index is 0.713. The van der Waals surface area contributed by atoms with Gasteiger partial charge in [0.1, 0.15) is 0 Å². The molecule has 0 heterocycles. The van der Waals surface area contributed by atoms with Crippen molar-refractivity contribution in [1.82, 2.24) is 0 Å². The molecule has 0 radical (unpaired) electrons. The molecular weight excluding hydrogens is 324 g/mol. The van der Waals surface area contributed by atoms with E-state index in [9.17, 15) is 5.11 Å². The number of rotatable bonds is 3. The summed E-state index contributed by atoms with van der Waals surface area (Å²) in [6.45, 7) is 2.19. The van der Waals surface area contributed by atoms with Crippen LogP contribution in [0.5, 0.6) is 0 Å². The van der Waals surface area contributed by atoms with E-state index in [0.717, 1.165) is 35.7 Å². The molecule has 1 N–H and O–H groups in total. The van der Waals surface area contributed by atoms with Crippen molar-refractivity contribution in [3.05, 3.63) is 69.2 Å². The first-order valence-corrected chi connectivity index (χ1v) is 8.49. The molecule has 0 fully saturated rings. The van der Waals surface area contributed by atoms with Crippen molar-refractivity contribution in [2.45, 2.75) is 44.6 Å². The lowest BCUT2D eigenvalue weighted by Gasteiger charge is -2.34. The highest BCUT2D eigenvalue weighted by Crippen LogP contribution is 2.37. The molecule has 21 heavy (non-hydrogen) atoms. The van der Waals surface area contributed by atoms with E-state index in [4.69, 9.17) is 0 Å². The first kappa shape index (κ1) is 14.8. The predicted octanol–water partition coefficient (Wildman–Crippen LogP) is 4.78. The van der Waals surface area contributed by atoms with Crippen LogP contribution in [0.2, 0.25) is 0 Å². The topological polar surface area (TPSA) is 20.2 Å². The van der Waals surface area contributed by atoms with Crippen LogP contribution in [0.3, 0.4) is 0 Å². The SMILES string of the molecule is CCCc1cccc(C2(O)CCc3cc(Br)ccc3C2)c1. The van der Waals surface area contributed by atoms with E-state index >= 15 is 0 Å². The zero-order chi connectivity index (χ0) is 14.9. The van der Waals surface area contributed by atoms with Crippen molar-refractivity contribution < 1.29 is 5.11 Å². The minimum Gasteiger partial charge on any atom is -0.385 e. The van der Waals surface area contributed by atoms with Gasteiger partial charge in [-0.3, -0.25) is 0 Å². The van der Waals surface area contributed by atoms with Crippen LogP contribution >= 0.6 is 15.9 Å². The van der Waals surface area contributed by atoms with Crippen LogP contribution in [0.25, 0.3) is 0 Å². The maximum atomic E-state index is 11.1. The molecule has 0 bridgehead atoms. The van der Waals surface area contributed by atoms with E-state index < -0.39 is 5.60 Å². The van der Waals surface area contributed by atoms with Gasteiger partial charge in [-0.15, -0.1) is 0 Å². The molecule has 110 valence electrons. The Bertz CT molecular complexity index is 650. The Hall–Kier alpha value is -1.12. The summed E-state index contributed by atoms with van der Waals surface area (Å²) in [6, 6.07) is 14.9. The summed E-state index contributed by atoms with van der Waals surface area (Å²) >= 11 is 3.53. The maximum Gasteiger partial charge on any atom is 0.0940 e. The third kappa shape index (κ3) is 3.07. The first-order chi connectivity index (χ1) is 10.1. The zero-order valence-corrected chi connectivity index (χ0v) is 14.0. The monoisotopic (exact) mass is 344 g/mol. The number of fused-ring (bicyclic) bond motifs is 1. The van der Waals surface area contributed by atoms with Gasteiger partial charge in [-0.1, -0.05) is 59.6 Å². The summed E-state index contributed by atoms with van der Waals surface area (Å²) in [7, 11) is 0. The summed E-state index contributed by atoms with van der Waals surface area (Å²) in [5.74, 6) is 0. The van der Waals surface area contributed by atoms with Gasteiger partial charge < -0.3 is 5.11 Å². The molecule has 0 saturated carbocycles. The second-order valence-corrected chi connectivity index (χ2v) is 6.99. The smallest absolute Gasteiger partial charge is 0.0940 e. The number of hydrogen-bond donors (Lipinski definition) is 1. The molecule has 1 unspecified atom stereocenters. The van der Waals surface area contributed by atoms with Crippen LogP contribution in [0, 0.1) is 0 Å². The van der Waals surface area contributed by atoms with Crippen molar-refractivity contribution in [1.29, 1.82) is 0 Å². The Morgan fingerprint density at radius 1 is 1.14 bits per heavy atom. The third-order valence-corrected chi connectivity index (χ3v) is 4.96. The molecule has 1 aliphatic carbocycles. The van der Waals surface area contributed by atoms with Gasteiger partial charge >= 0.3 is 0 Å². The molecule has 3 rings (SSSR count). The lowest BCUT2D eigenvalue weighted by Crippen LogP contribution is -2.33. The van der Waals surface area contributed by atoms with Gasteiger partial charge in [-0.25, -0.2) is 0 Å². The molecule has 2 aromatic rings. The van der Waals surface area contributed by atoms with Gasteiger partial charge in [0.15, 0.2) is 0 Å². The van der Waals surface area contributed by atoms with E-state index in [1.807, 2.05) is 0 Å². The van der Waals surface area contributed by atoms with Crippen LogP contribution in [0.15, 0.2) is 46.9 Å². The van der Waals surface area contributed by atoms with Crippen LogP contribution < -0.4 is 0 Å². The van der Waals surface area contributed by atoms with E-state index in [1.54, 1.807) is 0 Å². The molecule has 0 saturated heterocycles. The molecule has 0 aliphatic heterocycles. The Labute approximate surface area is 135 Å². The Morgan fingerprint density at radius 3 is 2.81 bits per heavy atom. The van der Waals surface area contributed by atoms with Crippen molar-refractivity contribution in [2.75, 3.05) is 0 Å². The first-order valence-electron chi connectivity index (χ1n) is 7.70. The lowest BCUT2D eigenvalue weighted by molar-refractivity contribution is 0.0222. The van der Waals surface area contributed by atoms with E-state index in [0.29, 0.717) is 6.42 Å². The average Bonchev–Trinajstić information content (AvgIpc) is 2.48. The molecular formula is C19H21BrO. The van der Waals surface area contributed by atoms with E-state index in [2.05, 4.69) is 65.3 Å². The van der Waals surface area contributed by atoms with Gasteiger partial charge in [0.05, 0.1) is 5.60 Å². The lowest BCUT2D eigenvalue weighted by atomic mass is 9.76.